The maximum Gasteiger partial charge on any atom is 0.326 e. The minimum Gasteiger partial charge on any atom is -0.480 e. The van der Waals surface area contributed by atoms with Gasteiger partial charge in [-0.15, -0.1) is 0 Å². The zero-order valence-corrected chi connectivity index (χ0v) is 18.3. The van der Waals surface area contributed by atoms with E-state index in [0.717, 1.165) is 56.1 Å². The van der Waals surface area contributed by atoms with Crippen LogP contribution in [0.1, 0.15) is 52.0 Å². The molecule has 7 heteroatoms. The van der Waals surface area contributed by atoms with Crippen LogP contribution in [0.4, 0.5) is 5.69 Å². The highest BCUT2D eigenvalue weighted by atomic mass is 32.2. The Balaban J connectivity index is 2.15. The SMILES string of the molecule is CCCCN(CCCC)c1ccc(C=C2SC(=S)N(C(C)C(=O)O)C2=O)cc1. The summed E-state index contributed by atoms with van der Waals surface area (Å²) in [5, 5.41) is 9.17. The number of carbonyl (C=O) groups is 2. The number of carbonyl (C=O) groups excluding carboxylic acids is 1. The maximum atomic E-state index is 12.6. The van der Waals surface area contributed by atoms with Gasteiger partial charge in [0.2, 0.25) is 0 Å². The van der Waals surface area contributed by atoms with Crippen LogP contribution in [0.3, 0.4) is 0 Å². The van der Waals surface area contributed by atoms with Crippen molar-refractivity contribution in [2.24, 2.45) is 0 Å². The number of rotatable bonds is 10. The molecule has 0 radical (unpaired) electrons. The Morgan fingerprint density at radius 2 is 1.79 bits per heavy atom. The van der Waals surface area contributed by atoms with Gasteiger partial charge in [0, 0.05) is 18.8 Å². The summed E-state index contributed by atoms with van der Waals surface area (Å²) in [7, 11) is 0. The molecule has 1 atom stereocenters. The zero-order chi connectivity index (χ0) is 20.7. The molecule has 1 saturated heterocycles. The van der Waals surface area contributed by atoms with E-state index in [1.807, 2.05) is 12.1 Å². The normalized spacial score (nSPS) is 16.7. The van der Waals surface area contributed by atoms with Crippen LogP contribution in [-0.4, -0.2) is 45.3 Å². The minimum absolute atomic E-state index is 0.285. The van der Waals surface area contributed by atoms with Crippen LogP contribution < -0.4 is 4.90 Å². The number of amides is 1. The van der Waals surface area contributed by atoms with Crippen molar-refractivity contribution in [3.8, 4) is 0 Å². The van der Waals surface area contributed by atoms with Gasteiger partial charge in [0.25, 0.3) is 5.91 Å². The predicted octanol–water partition coefficient (Wildman–Crippen LogP) is 4.77. The summed E-state index contributed by atoms with van der Waals surface area (Å²) in [5.41, 5.74) is 2.09. The lowest BCUT2D eigenvalue weighted by molar-refractivity contribution is -0.144. The summed E-state index contributed by atoms with van der Waals surface area (Å²) < 4.78 is 0.285. The van der Waals surface area contributed by atoms with Crippen molar-refractivity contribution in [1.82, 2.24) is 4.90 Å². The topological polar surface area (TPSA) is 60.9 Å². The third-order valence-electron chi connectivity index (χ3n) is 4.69. The number of carboxylic acid groups (broad SMARTS) is 1. The van der Waals surface area contributed by atoms with Gasteiger partial charge in [0.15, 0.2) is 0 Å². The van der Waals surface area contributed by atoms with Gasteiger partial charge in [-0.1, -0.05) is 62.8 Å². The smallest absolute Gasteiger partial charge is 0.326 e. The van der Waals surface area contributed by atoms with Crippen molar-refractivity contribution in [3.63, 3.8) is 0 Å². The fourth-order valence-electron chi connectivity index (χ4n) is 2.92. The van der Waals surface area contributed by atoms with E-state index in [1.54, 1.807) is 6.08 Å². The molecule has 2 rings (SSSR count). The van der Waals surface area contributed by atoms with Crippen molar-refractivity contribution in [3.05, 3.63) is 34.7 Å². The van der Waals surface area contributed by atoms with Crippen molar-refractivity contribution in [2.45, 2.75) is 52.5 Å². The van der Waals surface area contributed by atoms with Crippen LogP contribution in [0, 0.1) is 0 Å². The molecule has 1 aromatic rings. The predicted molar refractivity (Wildman–Crippen MR) is 121 cm³/mol. The van der Waals surface area contributed by atoms with E-state index < -0.39 is 12.0 Å². The molecule has 152 valence electrons. The Morgan fingerprint density at radius 3 is 2.29 bits per heavy atom. The summed E-state index contributed by atoms with van der Waals surface area (Å²) in [5.74, 6) is -1.41. The van der Waals surface area contributed by atoms with Crippen LogP contribution in [0.25, 0.3) is 6.08 Å². The molecule has 1 aliphatic heterocycles. The van der Waals surface area contributed by atoms with Gasteiger partial charge >= 0.3 is 5.97 Å². The van der Waals surface area contributed by atoms with Gasteiger partial charge in [-0.25, -0.2) is 4.79 Å². The molecule has 28 heavy (non-hydrogen) atoms. The maximum absolute atomic E-state index is 12.6. The molecule has 0 bridgehead atoms. The molecule has 1 heterocycles. The van der Waals surface area contributed by atoms with Gasteiger partial charge in [-0.05, 0) is 43.5 Å². The Morgan fingerprint density at radius 1 is 1.21 bits per heavy atom. The Labute approximate surface area is 176 Å². The second-order valence-electron chi connectivity index (χ2n) is 6.85. The number of thiocarbonyl (C=S) groups is 1. The molecular formula is C21H28N2O3S2. The first-order chi connectivity index (χ1) is 13.4. The number of aliphatic carboxylic acids is 1. The number of hydrogen-bond donors (Lipinski definition) is 1. The number of hydrogen-bond acceptors (Lipinski definition) is 5. The van der Waals surface area contributed by atoms with Crippen LogP contribution >= 0.6 is 24.0 Å². The van der Waals surface area contributed by atoms with E-state index in [9.17, 15) is 14.7 Å². The second kappa shape index (κ2) is 10.6. The van der Waals surface area contributed by atoms with E-state index in [-0.39, 0.29) is 10.2 Å². The van der Waals surface area contributed by atoms with Crippen LogP contribution in [0.15, 0.2) is 29.2 Å². The average Bonchev–Trinajstić information content (AvgIpc) is 2.95. The van der Waals surface area contributed by atoms with Gasteiger partial charge in [-0.2, -0.15) is 0 Å². The van der Waals surface area contributed by atoms with E-state index in [1.165, 1.54) is 17.5 Å². The van der Waals surface area contributed by atoms with E-state index in [0.29, 0.717) is 4.91 Å². The van der Waals surface area contributed by atoms with Crippen molar-refractivity contribution >= 4 is 51.9 Å². The first-order valence-corrected chi connectivity index (χ1v) is 11.0. The molecule has 0 aromatic heterocycles. The molecular weight excluding hydrogens is 392 g/mol. The molecule has 1 unspecified atom stereocenters. The molecule has 0 saturated carbocycles. The van der Waals surface area contributed by atoms with E-state index >= 15 is 0 Å². The quantitative estimate of drug-likeness (QED) is 0.435. The Kier molecular flexibility index (Phi) is 8.51. The van der Waals surface area contributed by atoms with Gasteiger partial charge in [0.05, 0.1) is 4.91 Å². The van der Waals surface area contributed by atoms with E-state index in [4.69, 9.17) is 12.2 Å². The first-order valence-electron chi connectivity index (χ1n) is 9.73. The van der Waals surface area contributed by atoms with E-state index in [2.05, 4.69) is 30.9 Å². The van der Waals surface area contributed by atoms with Gasteiger partial charge in [0.1, 0.15) is 10.4 Å². The summed E-state index contributed by atoms with van der Waals surface area (Å²) in [6.07, 6.45) is 6.43. The molecule has 0 spiro atoms. The lowest BCUT2D eigenvalue weighted by Gasteiger charge is -2.24. The fraction of sp³-hybridized carbons (Fsp3) is 0.476. The summed E-state index contributed by atoms with van der Waals surface area (Å²) in [6.45, 7) is 7.94. The highest BCUT2D eigenvalue weighted by Gasteiger charge is 2.38. The highest BCUT2D eigenvalue weighted by molar-refractivity contribution is 8.26. The zero-order valence-electron chi connectivity index (χ0n) is 16.7. The lowest BCUT2D eigenvalue weighted by atomic mass is 10.1. The molecule has 5 nitrogen and oxygen atoms in total. The van der Waals surface area contributed by atoms with Gasteiger partial charge in [-0.3, -0.25) is 9.69 Å². The number of unbranched alkanes of at least 4 members (excludes halogenated alkanes) is 2. The number of carboxylic acids is 1. The fourth-order valence-corrected chi connectivity index (χ4v) is 4.34. The average molecular weight is 421 g/mol. The van der Waals surface area contributed by atoms with Crippen molar-refractivity contribution < 1.29 is 14.7 Å². The second-order valence-corrected chi connectivity index (χ2v) is 8.53. The largest absolute Gasteiger partial charge is 0.480 e. The summed E-state index contributed by atoms with van der Waals surface area (Å²) in [4.78, 5) is 27.8. The Hall–Kier alpha value is -1.86. The molecule has 1 aliphatic rings. The highest BCUT2D eigenvalue weighted by Crippen LogP contribution is 2.34. The number of benzene rings is 1. The molecule has 0 aliphatic carbocycles. The van der Waals surface area contributed by atoms with Crippen LogP contribution in [0.2, 0.25) is 0 Å². The number of anilines is 1. The van der Waals surface area contributed by atoms with Crippen molar-refractivity contribution in [2.75, 3.05) is 18.0 Å². The first kappa shape index (κ1) is 22.4. The molecule has 1 N–H and O–H groups in total. The summed E-state index contributed by atoms with van der Waals surface area (Å²) >= 11 is 6.35. The summed E-state index contributed by atoms with van der Waals surface area (Å²) in [6, 6.07) is 7.18. The molecule has 1 fully saturated rings. The van der Waals surface area contributed by atoms with Crippen LogP contribution in [-0.2, 0) is 9.59 Å². The lowest BCUT2D eigenvalue weighted by Crippen LogP contribution is -2.41. The third kappa shape index (κ3) is 5.58. The van der Waals surface area contributed by atoms with Gasteiger partial charge < -0.3 is 10.0 Å². The Bertz CT molecular complexity index is 739. The standard InChI is InChI=1S/C21H28N2O3S2/c1-4-6-12-22(13-7-5-2)17-10-8-16(9-11-17)14-18-19(24)23(21(27)28-18)15(3)20(25)26/h8-11,14-15H,4-7,12-13H2,1-3H3,(H,25,26). The number of thioether (sulfide) groups is 1. The van der Waals surface area contributed by atoms with Crippen LogP contribution in [0.5, 0.6) is 0 Å². The van der Waals surface area contributed by atoms with Crippen molar-refractivity contribution in [1.29, 1.82) is 0 Å². The minimum atomic E-state index is -1.07. The molecule has 1 aromatic carbocycles. The molecule has 1 amide bonds. The number of nitrogens with zero attached hydrogens (tertiary/aromatic N) is 2. The monoisotopic (exact) mass is 420 g/mol. The third-order valence-corrected chi connectivity index (χ3v) is 6.02.